The molecule has 0 saturated carbocycles. The van der Waals surface area contributed by atoms with E-state index in [0.717, 1.165) is 16.7 Å². The minimum absolute atomic E-state index is 0.116. The van der Waals surface area contributed by atoms with Gasteiger partial charge in [-0.3, -0.25) is 24.5 Å². The number of hydrogen-bond donors (Lipinski definition) is 2. The highest BCUT2D eigenvalue weighted by molar-refractivity contribution is 6.30. The van der Waals surface area contributed by atoms with Crippen molar-refractivity contribution in [1.82, 2.24) is 15.5 Å². The number of carbonyl (C=O) groups excluding carboxylic acids is 4. The molecule has 32 heavy (non-hydrogen) atoms. The minimum atomic E-state index is -0.702. The summed E-state index contributed by atoms with van der Waals surface area (Å²) in [6, 6.07) is 11.8. The predicted octanol–water partition coefficient (Wildman–Crippen LogP) is 2.99. The molecule has 0 aromatic heterocycles. The van der Waals surface area contributed by atoms with Crippen LogP contribution in [0.4, 0.5) is 0 Å². The Hall–Kier alpha value is -3.19. The summed E-state index contributed by atoms with van der Waals surface area (Å²) in [4.78, 5) is 50.4. The van der Waals surface area contributed by atoms with Crippen LogP contribution >= 0.6 is 11.6 Å². The summed E-state index contributed by atoms with van der Waals surface area (Å²) in [5.74, 6) is -1.25. The van der Waals surface area contributed by atoms with Crippen molar-refractivity contribution in [3.05, 3.63) is 69.7 Å². The van der Waals surface area contributed by atoms with Gasteiger partial charge in [-0.15, -0.1) is 0 Å². The molecule has 1 heterocycles. The smallest absolute Gasteiger partial charge is 0.255 e. The van der Waals surface area contributed by atoms with Crippen molar-refractivity contribution < 1.29 is 19.2 Å². The zero-order chi connectivity index (χ0) is 23.3. The van der Waals surface area contributed by atoms with E-state index in [1.807, 2.05) is 25.1 Å². The van der Waals surface area contributed by atoms with Gasteiger partial charge in [-0.1, -0.05) is 49.2 Å². The van der Waals surface area contributed by atoms with E-state index in [0.29, 0.717) is 30.0 Å². The second-order valence-electron chi connectivity index (χ2n) is 7.85. The van der Waals surface area contributed by atoms with Gasteiger partial charge in [-0.2, -0.15) is 0 Å². The highest BCUT2D eigenvalue weighted by atomic mass is 35.5. The van der Waals surface area contributed by atoms with E-state index < -0.39 is 17.9 Å². The van der Waals surface area contributed by atoms with Gasteiger partial charge in [0.05, 0.1) is 6.42 Å². The Kier molecular flexibility index (Phi) is 7.64. The van der Waals surface area contributed by atoms with Crippen LogP contribution < -0.4 is 10.6 Å². The average molecular weight is 456 g/mol. The van der Waals surface area contributed by atoms with Crippen LogP contribution in [0.2, 0.25) is 5.02 Å². The topological polar surface area (TPSA) is 95.6 Å². The van der Waals surface area contributed by atoms with Crippen LogP contribution in [0.3, 0.4) is 0 Å². The summed E-state index contributed by atoms with van der Waals surface area (Å²) >= 11 is 5.87. The Morgan fingerprint density at radius 1 is 1.09 bits per heavy atom. The third kappa shape index (κ3) is 5.73. The molecule has 168 valence electrons. The first-order valence-electron chi connectivity index (χ1n) is 10.5. The van der Waals surface area contributed by atoms with Crippen LogP contribution in [0.15, 0.2) is 42.5 Å². The van der Waals surface area contributed by atoms with E-state index in [2.05, 4.69) is 10.6 Å². The van der Waals surface area contributed by atoms with Gasteiger partial charge < -0.3 is 10.2 Å². The fourth-order valence-corrected chi connectivity index (χ4v) is 3.89. The number of benzene rings is 2. The van der Waals surface area contributed by atoms with E-state index in [1.54, 1.807) is 24.3 Å². The van der Waals surface area contributed by atoms with Crippen LogP contribution in [0, 0.1) is 0 Å². The molecular formula is C24H26ClN3O4. The number of fused-ring (bicyclic) bond motifs is 1. The molecule has 3 rings (SSSR count). The van der Waals surface area contributed by atoms with Gasteiger partial charge in [0, 0.05) is 30.6 Å². The lowest BCUT2D eigenvalue weighted by molar-refractivity contribution is -0.132. The quantitative estimate of drug-likeness (QED) is 0.639. The average Bonchev–Trinajstić information content (AvgIpc) is 3.07. The zero-order valence-electron chi connectivity index (χ0n) is 18.1. The van der Waals surface area contributed by atoms with E-state index in [1.165, 1.54) is 11.8 Å². The molecule has 0 aliphatic carbocycles. The lowest BCUT2D eigenvalue weighted by Gasteiger charge is -2.26. The number of amides is 4. The van der Waals surface area contributed by atoms with Crippen LogP contribution in [-0.4, -0.2) is 34.6 Å². The molecule has 8 heteroatoms. The number of imide groups is 1. The Balaban J connectivity index is 1.64. The third-order valence-electron chi connectivity index (χ3n) is 5.31. The molecule has 2 N–H and O–H groups in total. The molecule has 2 aromatic rings. The second kappa shape index (κ2) is 10.4. The largest absolute Gasteiger partial charge is 0.352 e. The van der Waals surface area contributed by atoms with Crippen LogP contribution in [0.25, 0.3) is 0 Å². The molecule has 0 radical (unpaired) electrons. The molecule has 7 nitrogen and oxygen atoms in total. The first-order valence-corrected chi connectivity index (χ1v) is 10.9. The number of hydrogen-bond acceptors (Lipinski definition) is 4. The van der Waals surface area contributed by atoms with Crippen molar-refractivity contribution >= 4 is 35.2 Å². The van der Waals surface area contributed by atoms with Crippen molar-refractivity contribution in [3.8, 4) is 0 Å². The van der Waals surface area contributed by atoms with Crippen LogP contribution in [0.5, 0.6) is 0 Å². The summed E-state index contributed by atoms with van der Waals surface area (Å²) in [7, 11) is 0. The van der Waals surface area contributed by atoms with Crippen LogP contribution in [0.1, 0.15) is 53.7 Å². The highest BCUT2D eigenvalue weighted by Crippen LogP contribution is 2.27. The molecule has 0 bridgehead atoms. The van der Waals surface area contributed by atoms with Gasteiger partial charge in [-0.05, 0) is 41.3 Å². The molecular weight excluding hydrogens is 430 g/mol. The molecule has 1 atom stereocenters. The summed E-state index contributed by atoms with van der Waals surface area (Å²) < 4.78 is 0. The summed E-state index contributed by atoms with van der Waals surface area (Å²) in [6.07, 6.45) is 1.41. The van der Waals surface area contributed by atoms with Crippen molar-refractivity contribution in [2.24, 2.45) is 0 Å². The molecule has 1 unspecified atom stereocenters. The fraction of sp³-hybridized carbons (Fsp3) is 0.333. The Labute approximate surface area is 192 Å². The summed E-state index contributed by atoms with van der Waals surface area (Å²) in [5.41, 5.74) is 3.07. The van der Waals surface area contributed by atoms with Crippen molar-refractivity contribution in [2.45, 2.75) is 52.2 Å². The highest BCUT2D eigenvalue weighted by Gasteiger charge is 2.36. The minimum Gasteiger partial charge on any atom is -0.352 e. The van der Waals surface area contributed by atoms with Gasteiger partial charge in [0.1, 0.15) is 6.04 Å². The third-order valence-corrected chi connectivity index (χ3v) is 5.56. The Bertz CT molecular complexity index is 1040. The van der Waals surface area contributed by atoms with Crippen molar-refractivity contribution in [1.29, 1.82) is 0 Å². The van der Waals surface area contributed by atoms with E-state index in [4.69, 9.17) is 11.6 Å². The summed E-state index contributed by atoms with van der Waals surface area (Å²) in [5, 5.41) is 5.80. The van der Waals surface area contributed by atoms with E-state index in [9.17, 15) is 19.2 Å². The van der Waals surface area contributed by atoms with Crippen LogP contribution in [-0.2, 0) is 33.9 Å². The molecule has 0 spiro atoms. The number of rotatable bonds is 8. The maximum absolute atomic E-state index is 12.9. The van der Waals surface area contributed by atoms with Gasteiger partial charge in [0.2, 0.25) is 17.7 Å². The zero-order valence-corrected chi connectivity index (χ0v) is 18.9. The maximum atomic E-state index is 12.9. The number of nitrogens with one attached hydrogen (secondary N) is 2. The number of nitrogens with zero attached hydrogens (tertiary/aromatic N) is 1. The predicted molar refractivity (Wildman–Crippen MR) is 121 cm³/mol. The molecule has 2 aromatic carbocycles. The van der Waals surface area contributed by atoms with E-state index >= 15 is 0 Å². The monoisotopic (exact) mass is 455 g/mol. The molecule has 0 fully saturated rings. The van der Waals surface area contributed by atoms with Gasteiger partial charge in [0.15, 0.2) is 0 Å². The Morgan fingerprint density at radius 2 is 1.78 bits per heavy atom. The Morgan fingerprint density at radius 3 is 2.44 bits per heavy atom. The normalized spacial score (nSPS) is 13.5. The fourth-order valence-electron chi connectivity index (χ4n) is 3.77. The second-order valence-corrected chi connectivity index (χ2v) is 8.29. The number of carbonyl (C=O) groups is 4. The lowest BCUT2D eigenvalue weighted by atomic mass is 10.1. The molecule has 4 amide bonds. The van der Waals surface area contributed by atoms with Gasteiger partial charge in [0.25, 0.3) is 5.91 Å². The SMILES string of the molecule is CCCC(C(=O)NC(C)=O)N1Cc2cc(CNC(=O)Cc3ccc(Cl)cc3)ccc2C1=O. The maximum Gasteiger partial charge on any atom is 0.255 e. The molecule has 0 saturated heterocycles. The molecule has 1 aliphatic heterocycles. The van der Waals surface area contributed by atoms with E-state index in [-0.39, 0.29) is 24.8 Å². The van der Waals surface area contributed by atoms with Gasteiger partial charge in [-0.25, -0.2) is 0 Å². The van der Waals surface area contributed by atoms with Crippen molar-refractivity contribution in [2.75, 3.05) is 0 Å². The number of halogens is 1. The standard InChI is InChI=1S/C24H26ClN3O4/c1-3-4-21(23(31)27-15(2)29)28-14-18-11-17(7-10-20(18)24(28)32)13-26-22(30)12-16-5-8-19(25)9-6-16/h5-11,21H,3-4,12-14H2,1-2H3,(H,26,30)(H,27,29,31). The first-order chi connectivity index (χ1) is 15.3. The summed E-state index contributed by atoms with van der Waals surface area (Å²) in [6.45, 7) is 3.81. The lowest BCUT2D eigenvalue weighted by Crippen LogP contribution is -2.48. The first kappa shape index (κ1) is 23.5. The van der Waals surface area contributed by atoms with Gasteiger partial charge >= 0.3 is 0 Å². The molecule has 1 aliphatic rings. The van der Waals surface area contributed by atoms with Crippen molar-refractivity contribution in [3.63, 3.8) is 0 Å².